The number of aryl methyl sites for hydroxylation is 2. The van der Waals surface area contributed by atoms with Crippen molar-refractivity contribution in [2.45, 2.75) is 46.8 Å². The van der Waals surface area contributed by atoms with Crippen LogP contribution in [-0.4, -0.2) is 54.8 Å². The molecule has 23 heavy (non-hydrogen) atoms. The fraction of sp³-hybridized carbons (Fsp3) is 0.611. The normalized spacial score (nSPS) is 12.6. The molecule has 0 saturated carbocycles. The molecule has 0 unspecified atom stereocenters. The van der Waals surface area contributed by atoms with Crippen LogP contribution < -0.4 is 10.1 Å². The van der Waals surface area contributed by atoms with Crippen molar-refractivity contribution in [3.63, 3.8) is 0 Å². The second kappa shape index (κ2) is 8.89. The molecule has 1 amide bonds. The van der Waals surface area contributed by atoms with Gasteiger partial charge in [0.15, 0.2) is 0 Å². The van der Waals surface area contributed by atoms with Gasteiger partial charge in [-0.3, -0.25) is 9.69 Å². The minimum atomic E-state index is -0.647. The molecule has 0 heterocycles. The van der Waals surface area contributed by atoms with Gasteiger partial charge in [0.25, 0.3) is 0 Å². The highest BCUT2D eigenvalue weighted by atomic mass is 16.5. The number of likely N-dealkylation sites (N-methyl/N-ethyl adjacent to an activating group) is 1. The van der Waals surface area contributed by atoms with Crippen molar-refractivity contribution in [1.29, 1.82) is 0 Å². The van der Waals surface area contributed by atoms with Gasteiger partial charge in [0.2, 0.25) is 5.91 Å². The van der Waals surface area contributed by atoms with Crippen molar-refractivity contribution in [3.05, 3.63) is 28.8 Å². The van der Waals surface area contributed by atoms with Crippen molar-refractivity contribution < 1.29 is 14.6 Å². The average Bonchev–Trinajstić information content (AvgIpc) is 2.41. The molecule has 0 aliphatic rings. The van der Waals surface area contributed by atoms with Crippen LogP contribution in [0.5, 0.6) is 5.75 Å². The summed E-state index contributed by atoms with van der Waals surface area (Å²) in [5, 5.41) is 13.0. The Balaban J connectivity index is 2.47. The summed E-state index contributed by atoms with van der Waals surface area (Å²) in [5.74, 6) is 0.797. The molecule has 1 rings (SSSR count). The number of hydrogen-bond acceptors (Lipinski definition) is 4. The van der Waals surface area contributed by atoms with Gasteiger partial charge < -0.3 is 15.2 Å². The first-order chi connectivity index (χ1) is 10.7. The number of rotatable bonds is 8. The van der Waals surface area contributed by atoms with Gasteiger partial charge in [0, 0.05) is 12.6 Å². The number of aliphatic hydroxyl groups is 1. The van der Waals surface area contributed by atoms with Crippen LogP contribution >= 0.6 is 0 Å². The van der Waals surface area contributed by atoms with Gasteiger partial charge in [0.1, 0.15) is 18.5 Å². The van der Waals surface area contributed by atoms with Gasteiger partial charge >= 0.3 is 0 Å². The number of amides is 1. The van der Waals surface area contributed by atoms with Gasteiger partial charge in [0.05, 0.1) is 6.54 Å². The highest BCUT2D eigenvalue weighted by Crippen LogP contribution is 2.25. The predicted molar refractivity (Wildman–Crippen MR) is 92.9 cm³/mol. The summed E-state index contributed by atoms with van der Waals surface area (Å²) >= 11 is 0. The fourth-order valence-corrected chi connectivity index (χ4v) is 2.42. The summed E-state index contributed by atoms with van der Waals surface area (Å²) in [7, 11) is 1.81. The lowest BCUT2D eigenvalue weighted by molar-refractivity contribution is -0.122. The number of nitrogens with zero attached hydrogens (tertiary/aromatic N) is 1. The molecule has 1 aromatic rings. The van der Waals surface area contributed by atoms with Crippen molar-refractivity contribution in [2.24, 2.45) is 0 Å². The lowest BCUT2D eigenvalue weighted by atomic mass is 10.1. The van der Waals surface area contributed by atoms with E-state index >= 15 is 0 Å². The lowest BCUT2D eigenvalue weighted by Gasteiger charge is -2.22. The van der Waals surface area contributed by atoms with Crippen molar-refractivity contribution >= 4 is 5.91 Å². The second-order valence-electron chi connectivity index (χ2n) is 6.54. The molecule has 0 radical (unpaired) electrons. The summed E-state index contributed by atoms with van der Waals surface area (Å²) in [5.41, 5.74) is 3.33. The Morgan fingerprint density at radius 3 is 2.48 bits per heavy atom. The number of carbonyl (C=O) groups is 1. The first-order valence-electron chi connectivity index (χ1n) is 8.06. The number of aliphatic hydroxyl groups excluding tert-OH is 1. The zero-order valence-electron chi connectivity index (χ0n) is 15.1. The maximum absolute atomic E-state index is 11.7. The van der Waals surface area contributed by atoms with Crippen molar-refractivity contribution in [2.75, 3.05) is 26.7 Å². The van der Waals surface area contributed by atoms with Crippen molar-refractivity contribution in [1.82, 2.24) is 10.2 Å². The third-order valence-corrected chi connectivity index (χ3v) is 3.68. The van der Waals surface area contributed by atoms with E-state index in [1.54, 1.807) is 4.90 Å². The molecule has 0 bridgehead atoms. The number of hydrogen-bond donors (Lipinski definition) is 2. The van der Waals surface area contributed by atoms with E-state index in [1.807, 2.05) is 47.7 Å². The fourth-order valence-electron chi connectivity index (χ4n) is 2.42. The number of carbonyl (C=O) groups excluding carboxylic acids is 1. The summed E-state index contributed by atoms with van der Waals surface area (Å²) in [6.07, 6.45) is -0.647. The lowest BCUT2D eigenvalue weighted by Crippen LogP contribution is -2.42. The van der Waals surface area contributed by atoms with Gasteiger partial charge in [-0.05, 0) is 58.4 Å². The highest BCUT2D eigenvalue weighted by Gasteiger charge is 2.14. The van der Waals surface area contributed by atoms with Gasteiger partial charge in [-0.2, -0.15) is 0 Å². The van der Waals surface area contributed by atoms with E-state index in [9.17, 15) is 9.90 Å². The molecule has 0 aromatic heterocycles. The molecule has 0 aliphatic carbocycles. The van der Waals surface area contributed by atoms with Crippen LogP contribution in [0.1, 0.15) is 30.5 Å². The standard InChI is InChI=1S/C18H30N2O3/c1-12(2)19-17(22)10-20(6)9-16(21)11-23-18-14(4)8-7-13(3)15(18)5/h7-8,12,16,21H,9-11H2,1-6H3,(H,19,22)/t16-/m1/s1. The number of ether oxygens (including phenoxy) is 1. The maximum Gasteiger partial charge on any atom is 0.234 e. The van der Waals surface area contributed by atoms with E-state index in [1.165, 1.54) is 5.56 Å². The van der Waals surface area contributed by atoms with Crippen LogP contribution in [0.3, 0.4) is 0 Å². The van der Waals surface area contributed by atoms with Crippen LogP contribution in [0.25, 0.3) is 0 Å². The summed E-state index contributed by atoms with van der Waals surface area (Å²) < 4.78 is 5.80. The monoisotopic (exact) mass is 322 g/mol. The third-order valence-electron chi connectivity index (χ3n) is 3.68. The first kappa shape index (κ1) is 19.5. The molecular weight excluding hydrogens is 292 g/mol. The molecule has 0 aliphatic heterocycles. The van der Waals surface area contributed by atoms with Crippen LogP contribution in [0.4, 0.5) is 0 Å². The van der Waals surface area contributed by atoms with E-state index < -0.39 is 6.10 Å². The van der Waals surface area contributed by atoms with Crippen LogP contribution in [0.15, 0.2) is 12.1 Å². The van der Waals surface area contributed by atoms with Crippen LogP contribution in [0, 0.1) is 20.8 Å². The Labute approximate surface area is 139 Å². The number of benzene rings is 1. The molecule has 1 atom stereocenters. The van der Waals surface area contributed by atoms with Crippen molar-refractivity contribution in [3.8, 4) is 5.75 Å². The Morgan fingerprint density at radius 2 is 1.87 bits per heavy atom. The molecule has 5 nitrogen and oxygen atoms in total. The zero-order valence-corrected chi connectivity index (χ0v) is 15.1. The molecular formula is C18H30N2O3. The minimum Gasteiger partial charge on any atom is -0.490 e. The predicted octanol–water partition coefficient (Wildman–Crippen LogP) is 1.81. The SMILES string of the molecule is Cc1ccc(C)c(OC[C@H](O)CN(C)CC(=O)NC(C)C)c1C. The topological polar surface area (TPSA) is 61.8 Å². The van der Waals surface area contributed by atoms with Crippen LogP contribution in [-0.2, 0) is 4.79 Å². The zero-order chi connectivity index (χ0) is 17.6. The summed E-state index contributed by atoms with van der Waals surface area (Å²) in [6, 6.07) is 4.21. The van der Waals surface area contributed by atoms with E-state index in [2.05, 4.69) is 11.4 Å². The van der Waals surface area contributed by atoms with Crippen LogP contribution in [0.2, 0.25) is 0 Å². The van der Waals surface area contributed by atoms with E-state index in [0.717, 1.165) is 16.9 Å². The molecule has 5 heteroatoms. The van der Waals surface area contributed by atoms with E-state index in [4.69, 9.17) is 4.74 Å². The minimum absolute atomic E-state index is 0.0407. The third kappa shape index (κ3) is 6.59. The highest BCUT2D eigenvalue weighted by molar-refractivity contribution is 5.78. The Morgan fingerprint density at radius 1 is 1.26 bits per heavy atom. The Kier molecular flexibility index (Phi) is 7.52. The maximum atomic E-state index is 11.7. The largest absolute Gasteiger partial charge is 0.490 e. The molecule has 0 fully saturated rings. The van der Waals surface area contributed by atoms with Gasteiger partial charge in [-0.15, -0.1) is 0 Å². The van der Waals surface area contributed by atoms with E-state index in [0.29, 0.717) is 6.54 Å². The number of nitrogens with one attached hydrogen (secondary N) is 1. The summed E-state index contributed by atoms with van der Waals surface area (Å²) in [4.78, 5) is 13.5. The molecule has 130 valence electrons. The Hall–Kier alpha value is -1.59. The summed E-state index contributed by atoms with van der Waals surface area (Å²) in [6.45, 7) is 10.8. The van der Waals surface area contributed by atoms with Gasteiger partial charge in [-0.1, -0.05) is 12.1 Å². The average molecular weight is 322 g/mol. The molecule has 0 spiro atoms. The first-order valence-corrected chi connectivity index (χ1v) is 8.06. The second-order valence-corrected chi connectivity index (χ2v) is 6.54. The van der Waals surface area contributed by atoms with Gasteiger partial charge in [-0.25, -0.2) is 0 Å². The smallest absolute Gasteiger partial charge is 0.234 e. The molecule has 2 N–H and O–H groups in total. The van der Waals surface area contributed by atoms with E-state index in [-0.39, 0.29) is 25.1 Å². The quantitative estimate of drug-likeness (QED) is 0.766. The Bertz CT molecular complexity index is 529. The molecule has 1 aromatic carbocycles. The molecule has 0 saturated heterocycles.